The van der Waals surface area contributed by atoms with Gasteiger partial charge in [-0.1, -0.05) is 27.4 Å². The highest BCUT2D eigenvalue weighted by atomic mass is 16.5. The Kier molecular flexibility index (Phi) is 6.82. The van der Waals surface area contributed by atoms with Gasteiger partial charge in [0, 0.05) is 30.9 Å². The summed E-state index contributed by atoms with van der Waals surface area (Å²) in [5.74, 6) is 2.02. The minimum Gasteiger partial charge on any atom is -0.423 e. The standard InChI is InChI=1S/C21H24N6O.C2H6/c1-5-15(11-22-6-2)28-21-25-19-17(16-7-9-23-14(4)18(16)24-19)20(26-21)27-10-8-13(3)12-27;1-2/h5-7,9,11,13H,1,8,10,12H2,2-4H3,(H,24,25,26);1-2H3/b15-11+,22-6?;. The molecule has 0 amide bonds. The molecular weight excluding hydrogens is 376 g/mol. The monoisotopic (exact) mass is 406 g/mol. The molecule has 0 radical (unpaired) electrons. The fourth-order valence-corrected chi connectivity index (χ4v) is 3.59. The smallest absolute Gasteiger partial charge is 0.326 e. The minimum atomic E-state index is 0.275. The van der Waals surface area contributed by atoms with Gasteiger partial charge in [0.05, 0.1) is 22.8 Å². The van der Waals surface area contributed by atoms with Crippen LogP contribution in [0.3, 0.4) is 0 Å². The first kappa shape index (κ1) is 21.5. The molecule has 0 saturated carbocycles. The first-order valence-electron chi connectivity index (χ1n) is 10.5. The molecule has 0 aromatic carbocycles. The number of rotatable bonds is 5. The zero-order valence-corrected chi connectivity index (χ0v) is 18.4. The van der Waals surface area contributed by atoms with Crippen molar-refractivity contribution in [3.8, 4) is 6.01 Å². The third kappa shape index (κ3) is 4.20. The van der Waals surface area contributed by atoms with Crippen molar-refractivity contribution in [3.05, 3.63) is 42.6 Å². The van der Waals surface area contributed by atoms with Gasteiger partial charge in [-0.3, -0.25) is 9.98 Å². The quantitative estimate of drug-likeness (QED) is 0.359. The highest BCUT2D eigenvalue weighted by Gasteiger charge is 2.25. The van der Waals surface area contributed by atoms with E-state index in [0.717, 1.165) is 53.0 Å². The first-order valence-corrected chi connectivity index (χ1v) is 10.5. The van der Waals surface area contributed by atoms with E-state index in [1.54, 1.807) is 18.5 Å². The summed E-state index contributed by atoms with van der Waals surface area (Å²) in [5, 5.41) is 2.09. The molecule has 1 saturated heterocycles. The van der Waals surface area contributed by atoms with Crippen molar-refractivity contribution in [2.24, 2.45) is 10.9 Å². The number of nitrogens with zero attached hydrogens (tertiary/aromatic N) is 5. The van der Waals surface area contributed by atoms with Gasteiger partial charge >= 0.3 is 6.01 Å². The van der Waals surface area contributed by atoms with Gasteiger partial charge in [-0.05, 0) is 38.3 Å². The van der Waals surface area contributed by atoms with Crippen LogP contribution < -0.4 is 9.64 Å². The lowest BCUT2D eigenvalue weighted by Crippen LogP contribution is -2.21. The average molecular weight is 407 g/mol. The number of allylic oxidation sites excluding steroid dienone is 1. The fraction of sp³-hybridized carbons (Fsp3) is 0.391. The second-order valence-electron chi connectivity index (χ2n) is 7.08. The van der Waals surface area contributed by atoms with E-state index in [2.05, 4.69) is 38.3 Å². The van der Waals surface area contributed by atoms with E-state index >= 15 is 0 Å². The maximum Gasteiger partial charge on any atom is 0.326 e. The van der Waals surface area contributed by atoms with Crippen LogP contribution in [0.5, 0.6) is 6.01 Å². The number of anilines is 1. The Hall–Kier alpha value is -3.22. The molecule has 7 nitrogen and oxygen atoms in total. The van der Waals surface area contributed by atoms with Crippen LogP contribution in [0.2, 0.25) is 0 Å². The van der Waals surface area contributed by atoms with Gasteiger partial charge in [-0.2, -0.15) is 9.97 Å². The van der Waals surface area contributed by atoms with Crippen molar-refractivity contribution in [1.82, 2.24) is 19.9 Å². The van der Waals surface area contributed by atoms with Crippen LogP contribution >= 0.6 is 0 Å². The molecule has 30 heavy (non-hydrogen) atoms. The summed E-state index contributed by atoms with van der Waals surface area (Å²) in [6.45, 7) is 15.8. The number of aromatic amines is 1. The number of pyridine rings is 1. The van der Waals surface area contributed by atoms with Crippen molar-refractivity contribution >= 4 is 34.0 Å². The molecule has 1 atom stereocenters. The topological polar surface area (TPSA) is 79.3 Å². The molecule has 4 rings (SSSR count). The largest absolute Gasteiger partial charge is 0.423 e. The lowest BCUT2D eigenvalue weighted by Gasteiger charge is -2.18. The lowest BCUT2D eigenvalue weighted by atomic mass is 10.2. The Morgan fingerprint density at radius 2 is 2.17 bits per heavy atom. The maximum atomic E-state index is 5.87. The summed E-state index contributed by atoms with van der Waals surface area (Å²) in [7, 11) is 0. The number of aryl methyl sites for hydroxylation is 1. The van der Waals surface area contributed by atoms with Crippen molar-refractivity contribution in [3.63, 3.8) is 0 Å². The summed E-state index contributed by atoms with van der Waals surface area (Å²) >= 11 is 0. The number of nitrogens with one attached hydrogen (secondary N) is 1. The van der Waals surface area contributed by atoms with E-state index in [1.165, 1.54) is 0 Å². The molecule has 3 aromatic heterocycles. The van der Waals surface area contributed by atoms with E-state index < -0.39 is 0 Å². The van der Waals surface area contributed by atoms with E-state index in [0.29, 0.717) is 11.7 Å². The van der Waals surface area contributed by atoms with Gasteiger partial charge in [0.25, 0.3) is 0 Å². The van der Waals surface area contributed by atoms with Gasteiger partial charge in [-0.25, -0.2) is 0 Å². The molecule has 158 valence electrons. The van der Waals surface area contributed by atoms with Crippen LogP contribution in [-0.4, -0.2) is 39.2 Å². The number of ether oxygens (including phenoxy) is 1. The number of aliphatic imine (C=N–C) groups is 1. The van der Waals surface area contributed by atoms with E-state index in [-0.39, 0.29) is 6.01 Å². The Bertz CT molecular complexity index is 1100. The van der Waals surface area contributed by atoms with Crippen molar-refractivity contribution < 1.29 is 4.74 Å². The van der Waals surface area contributed by atoms with Crippen LogP contribution in [0.25, 0.3) is 21.9 Å². The Morgan fingerprint density at radius 3 is 2.83 bits per heavy atom. The molecule has 1 aliphatic heterocycles. The highest BCUT2D eigenvalue weighted by molar-refractivity contribution is 6.11. The Labute approximate surface area is 177 Å². The van der Waals surface area contributed by atoms with Gasteiger partial charge in [0.15, 0.2) is 0 Å². The molecule has 4 heterocycles. The second-order valence-corrected chi connectivity index (χ2v) is 7.08. The second kappa shape index (κ2) is 9.52. The summed E-state index contributed by atoms with van der Waals surface area (Å²) in [6, 6.07) is 2.29. The molecule has 1 aliphatic rings. The van der Waals surface area contributed by atoms with Crippen molar-refractivity contribution in [1.29, 1.82) is 0 Å². The average Bonchev–Trinajstić information content (AvgIpc) is 3.36. The zero-order chi connectivity index (χ0) is 21.7. The fourth-order valence-electron chi connectivity index (χ4n) is 3.59. The third-order valence-corrected chi connectivity index (χ3v) is 5.01. The van der Waals surface area contributed by atoms with E-state index in [1.807, 2.05) is 40.0 Å². The predicted molar refractivity (Wildman–Crippen MR) is 124 cm³/mol. The van der Waals surface area contributed by atoms with Gasteiger partial charge in [0.1, 0.15) is 17.2 Å². The summed E-state index contributed by atoms with van der Waals surface area (Å²) in [6.07, 6.45) is 7.84. The molecule has 0 spiro atoms. The van der Waals surface area contributed by atoms with Crippen molar-refractivity contribution in [2.45, 2.75) is 41.0 Å². The lowest BCUT2D eigenvalue weighted by molar-refractivity contribution is 0.408. The summed E-state index contributed by atoms with van der Waals surface area (Å²) in [5.41, 5.74) is 2.66. The molecule has 0 aliphatic carbocycles. The molecule has 1 fully saturated rings. The van der Waals surface area contributed by atoms with Crippen LogP contribution in [0.15, 0.2) is 41.9 Å². The predicted octanol–water partition coefficient (Wildman–Crippen LogP) is 5.18. The third-order valence-electron chi connectivity index (χ3n) is 5.01. The van der Waals surface area contributed by atoms with Crippen LogP contribution in [0, 0.1) is 12.8 Å². The molecule has 1 unspecified atom stereocenters. The Balaban J connectivity index is 0.00000124. The Morgan fingerprint density at radius 1 is 1.37 bits per heavy atom. The number of fused-ring (bicyclic) bond motifs is 3. The number of aromatic nitrogens is 4. The molecule has 3 aromatic rings. The number of H-pyrrole nitrogens is 1. The van der Waals surface area contributed by atoms with E-state index in [4.69, 9.17) is 9.72 Å². The van der Waals surface area contributed by atoms with Gasteiger partial charge in [-0.15, -0.1) is 0 Å². The van der Waals surface area contributed by atoms with Crippen LogP contribution in [0.1, 0.15) is 39.8 Å². The molecule has 1 N–H and O–H groups in total. The number of hydrogen-bond donors (Lipinski definition) is 1. The zero-order valence-electron chi connectivity index (χ0n) is 18.4. The molecule has 0 bridgehead atoms. The first-order chi connectivity index (χ1) is 14.6. The summed E-state index contributed by atoms with van der Waals surface area (Å²) < 4.78 is 5.87. The van der Waals surface area contributed by atoms with Crippen LogP contribution in [0.4, 0.5) is 5.82 Å². The van der Waals surface area contributed by atoms with Crippen LogP contribution in [-0.2, 0) is 0 Å². The minimum absolute atomic E-state index is 0.275. The van der Waals surface area contributed by atoms with Gasteiger partial charge < -0.3 is 14.6 Å². The van der Waals surface area contributed by atoms with Gasteiger partial charge in [0.2, 0.25) is 0 Å². The maximum absolute atomic E-state index is 5.87. The van der Waals surface area contributed by atoms with Crippen molar-refractivity contribution in [2.75, 3.05) is 18.0 Å². The number of hydrogen-bond acceptors (Lipinski definition) is 6. The highest BCUT2D eigenvalue weighted by Crippen LogP contribution is 2.36. The van der Waals surface area contributed by atoms with E-state index in [9.17, 15) is 0 Å². The normalized spacial score (nSPS) is 16.9. The molecular formula is C23H30N6O. The molecule has 7 heteroatoms. The summed E-state index contributed by atoms with van der Waals surface area (Å²) in [4.78, 5) is 23.6. The SMILES string of the molecule is C=C/C(=C\N=CC)Oc1nc(N2CCC(C)C2)c2c(n1)[nH]c1c(C)nccc12.CC.